The van der Waals surface area contributed by atoms with Crippen LogP contribution in [-0.4, -0.2) is 72.1 Å². The molecular formula is C29H34FN7O4. The maximum absolute atomic E-state index is 14.5. The molecule has 12 heteroatoms. The third-order valence-corrected chi connectivity index (χ3v) is 7.29. The standard InChI is InChI=1S/C29H34FN7O4/c1-17-27-24(35-29(31)32-17)13-23(20-10-9-19(30)12-21(20)22-7-4-8-25(33-22)40-3)34-28(27)36-41-26(38)15-37-11-5-6-18(14-37)16-39-2/h4,7-10,12,18,23H,5-6,11,13-16H2,1-3H3,(H,34,36)(H2,31,32,35)/t18?,23-/m1/s1. The molecule has 11 nitrogen and oxygen atoms in total. The maximum Gasteiger partial charge on any atom is 0.346 e. The van der Waals surface area contributed by atoms with Crippen LogP contribution < -0.4 is 16.0 Å². The number of aromatic nitrogens is 3. The third-order valence-electron chi connectivity index (χ3n) is 7.29. The normalized spacial score (nSPS) is 18.8. The number of nitrogens with zero attached hydrogens (tertiary/aromatic N) is 5. The number of piperidine rings is 1. The molecule has 216 valence electrons. The second kappa shape index (κ2) is 12.6. The minimum Gasteiger partial charge on any atom is -0.481 e. The van der Waals surface area contributed by atoms with Crippen molar-refractivity contribution in [1.82, 2.24) is 25.3 Å². The SMILES string of the molecule is COCC1CCCN(CC(=O)ONC2=N[C@@H](c3ccc(F)cc3-c3cccc(OC)n3)Cc3nc(N)nc(C)c32)C1. The number of nitrogens with two attached hydrogens (primary N) is 1. The van der Waals surface area contributed by atoms with E-state index in [0.29, 0.717) is 58.9 Å². The molecular weight excluding hydrogens is 529 g/mol. The van der Waals surface area contributed by atoms with Crippen molar-refractivity contribution in [1.29, 1.82) is 0 Å². The Morgan fingerprint density at radius 2 is 2.05 bits per heavy atom. The van der Waals surface area contributed by atoms with E-state index in [9.17, 15) is 9.18 Å². The lowest BCUT2D eigenvalue weighted by atomic mass is 9.91. The zero-order chi connectivity index (χ0) is 28.9. The molecule has 4 heterocycles. The summed E-state index contributed by atoms with van der Waals surface area (Å²) in [6, 6.07) is 9.27. The van der Waals surface area contributed by atoms with Crippen molar-refractivity contribution in [3.8, 4) is 17.1 Å². The zero-order valence-corrected chi connectivity index (χ0v) is 23.4. The molecule has 0 amide bonds. The Kier molecular flexibility index (Phi) is 8.70. The smallest absolute Gasteiger partial charge is 0.346 e. The van der Waals surface area contributed by atoms with Gasteiger partial charge in [-0.2, -0.15) is 5.48 Å². The van der Waals surface area contributed by atoms with Gasteiger partial charge in [0.1, 0.15) is 5.82 Å². The number of aryl methyl sites for hydroxylation is 1. The number of halogens is 1. The number of carbonyl (C=O) groups is 1. The van der Waals surface area contributed by atoms with Gasteiger partial charge in [-0.3, -0.25) is 9.89 Å². The first-order chi connectivity index (χ1) is 19.8. The molecule has 5 rings (SSSR count). The summed E-state index contributed by atoms with van der Waals surface area (Å²) in [7, 11) is 3.21. The van der Waals surface area contributed by atoms with Gasteiger partial charge >= 0.3 is 5.97 Å². The first-order valence-corrected chi connectivity index (χ1v) is 13.5. The first kappa shape index (κ1) is 28.4. The summed E-state index contributed by atoms with van der Waals surface area (Å²) < 4.78 is 25.0. The van der Waals surface area contributed by atoms with E-state index in [-0.39, 0.29) is 12.5 Å². The third kappa shape index (κ3) is 6.60. The van der Waals surface area contributed by atoms with E-state index < -0.39 is 17.8 Å². The highest BCUT2D eigenvalue weighted by atomic mass is 19.1. The van der Waals surface area contributed by atoms with Crippen LogP contribution in [0.2, 0.25) is 0 Å². The number of rotatable bonds is 7. The molecule has 1 unspecified atom stereocenters. The molecule has 2 aliphatic heterocycles. The molecule has 2 atom stereocenters. The van der Waals surface area contributed by atoms with Gasteiger partial charge in [-0.25, -0.2) is 24.1 Å². The largest absolute Gasteiger partial charge is 0.481 e. The van der Waals surface area contributed by atoms with Gasteiger partial charge in [0.15, 0.2) is 5.84 Å². The fraction of sp³-hybridized carbons (Fsp3) is 0.414. The molecule has 0 bridgehead atoms. The number of likely N-dealkylation sites (tertiary alicyclic amines) is 1. The summed E-state index contributed by atoms with van der Waals surface area (Å²) in [4.78, 5) is 38.6. The van der Waals surface area contributed by atoms with Crippen molar-refractivity contribution in [3.63, 3.8) is 0 Å². The van der Waals surface area contributed by atoms with E-state index in [2.05, 4.69) is 25.3 Å². The second-order valence-corrected chi connectivity index (χ2v) is 10.3. The van der Waals surface area contributed by atoms with Crippen molar-refractivity contribution >= 4 is 17.8 Å². The van der Waals surface area contributed by atoms with Crippen LogP contribution in [0.4, 0.5) is 10.3 Å². The van der Waals surface area contributed by atoms with E-state index in [1.165, 1.54) is 19.2 Å². The molecule has 3 N–H and O–H groups in total. The average molecular weight is 564 g/mol. The van der Waals surface area contributed by atoms with E-state index in [4.69, 9.17) is 25.0 Å². The van der Waals surface area contributed by atoms with Crippen LogP contribution in [0.15, 0.2) is 41.4 Å². The number of hydroxylamine groups is 1. The number of pyridine rings is 1. The Morgan fingerprint density at radius 1 is 1.20 bits per heavy atom. The van der Waals surface area contributed by atoms with E-state index >= 15 is 0 Å². The number of hydrogen-bond donors (Lipinski definition) is 2. The number of amidine groups is 1. The molecule has 0 aliphatic carbocycles. The van der Waals surface area contributed by atoms with Gasteiger partial charge in [-0.1, -0.05) is 12.1 Å². The molecule has 41 heavy (non-hydrogen) atoms. The average Bonchev–Trinajstić information content (AvgIpc) is 2.96. The van der Waals surface area contributed by atoms with Crippen molar-refractivity contribution in [3.05, 3.63) is 64.7 Å². The van der Waals surface area contributed by atoms with Crippen LogP contribution in [0, 0.1) is 18.7 Å². The van der Waals surface area contributed by atoms with Gasteiger partial charge in [-0.05, 0) is 56.0 Å². The summed E-state index contributed by atoms with van der Waals surface area (Å²) >= 11 is 0. The molecule has 3 aromatic rings. The van der Waals surface area contributed by atoms with Crippen molar-refractivity contribution in [2.45, 2.75) is 32.2 Å². The Balaban J connectivity index is 1.42. The Bertz CT molecular complexity index is 1450. The fourth-order valence-corrected chi connectivity index (χ4v) is 5.52. The van der Waals surface area contributed by atoms with Gasteiger partial charge in [0.25, 0.3) is 0 Å². The minimum absolute atomic E-state index is 0.128. The number of hydrogen-bond acceptors (Lipinski definition) is 11. The lowest BCUT2D eigenvalue weighted by Crippen LogP contribution is -2.42. The minimum atomic E-state index is -0.502. The van der Waals surface area contributed by atoms with E-state index in [1.807, 2.05) is 0 Å². The number of aliphatic imine (C=N–C) groups is 1. The number of ether oxygens (including phenoxy) is 2. The van der Waals surface area contributed by atoms with Crippen molar-refractivity contribution in [2.75, 3.05) is 46.2 Å². The van der Waals surface area contributed by atoms with E-state index in [0.717, 1.165) is 31.5 Å². The number of benzene rings is 1. The lowest BCUT2D eigenvalue weighted by molar-refractivity contribution is -0.149. The quantitative estimate of drug-likeness (QED) is 0.413. The summed E-state index contributed by atoms with van der Waals surface area (Å²) in [6.07, 6.45) is 2.45. The number of carbonyl (C=O) groups excluding carboxylic acids is 1. The van der Waals surface area contributed by atoms with E-state index in [1.54, 1.807) is 38.3 Å². The summed E-state index contributed by atoms with van der Waals surface area (Å²) in [5, 5.41) is 0. The van der Waals surface area contributed by atoms with Crippen LogP contribution in [0.3, 0.4) is 0 Å². The van der Waals surface area contributed by atoms with Crippen LogP contribution >= 0.6 is 0 Å². The van der Waals surface area contributed by atoms with Crippen LogP contribution in [0.5, 0.6) is 5.88 Å². The van der Waals surface area contributed by atoms with Crippen LogP contribution in [0.25, 0.3) is 11.3 Å². The lowest BCUT2D eigenvalue weighted by Gasteiger charge is -2.31. The van der Waals surface area contributed by atoms with Crippen molar-refractivity contribution < 1.29 is 23.5 Å². The van der Waals surface area contributed by atoms with Crippen LogP contribution in [-0.2, 0) is 20.8 Å². The molecule has 0 spiro atoms. The predicted molar refractivity (Wildman–Crippen MR) is 151 cm³/mol. The van der Waals surface area contributed by atoms with Gasteiger partial charge in [0.05, 0.1) is 48.9 Å². The highest BCUT2D eigenvalue weighted by Crippen LogP contribution is 2.36. The summed E-state index contributed by atoms with van der Waals surface area (Å²) in [5.41, 5.74) is 12.4. The Morgan fingerprint density at radius 3 is 2.85 bits per heavy atom. The summed E-state index contributed by atoms with van der Waals surface area (Å²) in [6.45, 7) is 4.19. The molecule has 2 aliphatic rings. The number of nitrogen functional groups attached to an aromatic ring is 1. The summed E-state index contributed by atoms with van der Waals surface area (Å²) in [5.74, 6) is 0.372. The zero-order valence-electron chi connectivity index (χ0n) is 23.4. The fourth-order valence-electron chi connectivity index (χ4n) is 5.52. The maximum atomic E-state index is 14.5. The molecule has 2 aromatic heterocycles. The molecule has 1 aromatic carbocycles. The molecule has 0 radical (unpaired) electrons. The van der Waals surface area contributed by atoms with Gasteiger partial charge < -0.3 is 20.0 Å². The predicted octanol–water partition coefficient (Wildman–Crippen LogP) is 3.03. The second-order valence-electron chi connectivity index (χ2n) is 10.3. The number of fused-ring (bicyclic) bond motifs is 1. The molecule has 1 fully saturated rings. The van der Waals surface area contributed by atoms with Gasteiger partial charge in [-0.15, -0.1) is 0 Å². The number of anilines is 1. The first-order valence-electron chi connectivity index (χ1n) is 13.5. The number of nitrogens with one attached hydrogen (secondary N) is 1. The highest BCUT2D eigenvalue weighted by Gasteiger charge is 2.30. The topological polar surface area (TPSA) is 137 Å². The Hall–Kier alpha value is -4.16. The van der Waals surface area contributed by atoms with Gasteiger partial charge in [0.2, 0.25) is 11.8 Å². The molecule has 1 saturated heterocycles. The van der Waals surface area contributed by atoms with Gasteiger partial charge in [0, 0.05) is 31.7 Å². The Labute approximate surface area is 237 Å². The highest BCUT2D eigenvalue weighted by molar-refractivity contribution is 6.01. The van der Waals surface area contributed by atoms with Crippen molar-refractivity contribution in [2.24, 2.45) is 10.9 Å². The number of methoxy groups -OCH3 is 2. The monoisotopic (exact) mass is 563 g/mol. The molecule has 0 saturated carbocycles. The van der Waals surface area contributed by atoms with Crippen LogP contribution in [0.1, 0.15) is 41.4 Å².